The number of rotatable bonds is 5. The van der Waals surface area contributed by atoms with Crippen molar-refractivity contribution in [3.05, 3.63) is 35.9 Å². The summed E-state index contributed by atoms with van der Waals surface area (Å²) in [4.78, 5) is 39.3. The number of piperidine rings is 1. The fraction of sp³-hybridized carbons (Fsp3) is 0.526. The number of nitrogens with zero attached hydrogens (tertiary/aromatic N) is 2. The Morgan fingerprint density at radius 3 is 2.26 bits per heavy atom. The van der Waals surface area contributed by atoms with Gasteiger partial charge >= 0.3 is 12.1 Å². The highest BCUT2D eigenvalue weighted by Crippen LogP contribution is 2.25. The lowest BCUT2D eigenvalue weighted by Crippen LogP contribution is -2.64. The molecule has 1 aromatic rings. The van der Waals surface area contributed by atoms with E-state index in [0.29, 0.717) is 32.5 Å². The lowest BCUT2D eigenvalue weighted by molar-refractivity contribution is -0.119. The van der Waals surface area contributed by atoms with E-state index in [-0.39, 0.29) is 12.3 Å². The van der Waals surface area contributed by atoms with Crippen molar-refractivity contribution in [2.45, 2.75) is 31.2 Å². The molecule has 0 radical (unpaired) electrons. The molecule has 2 fully saturated rings. The summed E-state index contributed by atoms with van der Waals surface area (Å²) >= 11 is 0. The van der Waals surface area contributed by atoms with E-state index in [1.807, 2.05) is 30.3 Å². The predicted octanol–water partition coefficient (Wildman–Crippen LogP) is 1.27. The van der Waals surface area contributed by atoms with Gasteiger partial charge in [0, 0.05) is 19.6 Å². The second kappa shape index (κ2) is 8.39. The highest BCUT2D eigenvalue weighted by Gasteiger charge is 2.39. The Kier molecular flexibility index (Phi) is 5.95. The molecule has 1 aromatic carbocycles. The van der Waals surface area contributed by atoms with Gasteiger partial charge in [-0.15, -0.1) is 0 Å². The van der Waals surface area contributed by atoms with Gasteiger partial charge < -0.3 is 20.2 Å². The van der Waals surface area contributed by atoms with Crippen LogP contribution in [0.15, 0.2) is 30.3 Å². The molecule has 2 aliphatic rings. The zero-order valence-electron chi connectivity index (χ0n) is 15.3. The number of nitrogens with one attached hydrogen (secondary N) is 2. The summed E-state index contributed by atoms with van der Waals surface area (Å²) in [5, 5.41) is 14.5. The molecule has 2 saturated heterocycles. The number of amides is 4. The first kappa shape index (κ1) is 19.2. The largest absolute Gasteiger partial charge is 0.465 e. The van der Waals surface area contributed by atoms with Gasteiger partial charge in [0.1, 0.15) is 0 Å². The summed E-state index contributed by atoms with van der Waals surface area (Å²) < 4.78 is 0. The van der Waals surface area contributed by atoms with E-state index in [4.69, 9.17) is 5.11 Å². The standard InChI is InChI=1S/C19H26N4O4/c24-16(13-15-5-2-1-3-6-15)20-17(25)21-19(14-22-9-4-10-22)7-11-23(12-8-19)18(26)27/h1-3,5-6H,4,7-14H2,(H,26,27)(H2,20,21,24,25). The van der Waals surface area contributed by atoms with Crippen molar-refractivity contribution >= 4 is 18.0 Å². The summed E-state index contributed by atoms with van der Waals surface area (Å²) in [5.74, 6) is -0.360. The first-order valence-electron chi connectivity index (χ1n) is 9.32. The summed E-state index contributed by atoms with van der Waals surface area (Å²) in [7, 11) is 0. The van der Waals surface area contributed by atoms with Crippen LogP contribution in [0.4, 0.5) is 9.59 Å². The summed E-state index contributed by atoms with van der Waals surface area (Å²) in [5.41, 5.74) is 0.330. The van der Waals surface area contributed by atoms with Crippen LogP contribution in [0.3, 0.4) is 0 Å². The number of carbonyl (C=O) groups excluding carboxylic acids is 2. The Balaban J connectivity index is 1.57. The van der Waals surface area contributed by atoms with Crippen LogP contribution >= 0.6 is 0 Å². The van der Waals surface area contributed by atoms with Gasteiger partial charge in [0.15, 0.2) is 0 Å². The van der Waals surface area contributed by atoms with E-state index in [0.717, 1.165) is 25.1 Å². The van der Waals surface area contributed by atoms with Crippen molar-refractivity contribution in [1.29, 1.82) is 0 Å². The average molecular weight is 374 g/mol. The number of carboxylic acid groups (broad SMARTS) is 1. The third kappa shape index (κ3) is 5.19. The van der Waals surface area contributed by atoms with Gasteiger partial charge in [0.05, 0.1) is 12.0 Å². The molecule has 0 saturated carbocycles. The fourth-order valence-electron chi connectivity index (χ4n) is 3.64. The molecule has 0 bridgehead atoms. The highest BCUT2D eigenvalue weighted by molar-refractivity contribution is 5.95. The minimum Gasteiger partial charge on any atom is -0.465 e. The maximum absolute atomic E-state index is 12.4. The topological polar surface area (TPSA) is 102 Å². The number of urea groups is 1. The summed E-state index contributed by atoms with van der Waals surface area (Å²) in [6.07, 6.45) is 1.42. The second-order valence-electron chi connectivity index (χ2n) is 7.34. The molecule has 3 rings (SSSR count). The molecule has 146 valence electrons. The van der Waals surface area contributed by atoms with Gasteiger partial charge in [0.2, 0.25) is 5.91 Å². The van der Waals surface area contributed by atoms with Gasteiger partial charge in [-0.25, -0.2) is 9.59 Å². The van der Waals surface area contributed by atoms with Crippen LogP contribution in [-0.2, 0) is 11.2 Å². The molecule has 3 N–H and O–H groups in total. The second-order valence-corrected chi connectivity index (χ2v) is 7.34. The zero-order chi connectivity index (χ0) is 19.3. The quantitative estimate of drug-likeness (QED) is 0.720. The minimum atomic E-state index is -0.935. The van der Waals surface area contributed by atoms with Gasteiger partial charge in [-0.05, 0) is 37.9 Å². The monoisotopic (exact) mass is 374 g/mol. The zero-order valence-corrected chi connectivity index (χ0v) is 15.3. The van der Waals surface area contributed by atoms with Crippen LogP contribution in [-0.4, -0.2) is 71.2 Å². The Bertz CT molecular complexity index is 682. The number of imide groups is 1. The van der Waals surface area contributed by atoms with Crippen LogP contribution in [0.25, 0.3) is 0 Å². The van der Waals surface area contributed by atoms with E-state index in [9.17, 15) is 14.4 Å². The minimum absolute atomic E-state index is 0.139. The van der Waals surface area contributed by atoms with E-state index in [1.165, 1.54) is 4.90 Å². The molecule has 4 amide bonds. The number of benzene rings is 1. The first-order valence-corrected chi connectivity index (χ1v) is 9.32. The van der Waals surface area contributed by atoms with Crippen LogP contribution in [0, 0.1) is 0 Å². The molecule has 0 unspecified atom stereocenters. The van der Waals surface area contributed by atoms with Crippen molar-refractivity contribution < 1.29 is 19.5 Å². The van der Waals surface area contributed by atoms with E-state index < -0.39 is 17.7 Å². The molecular weight excluding hydrogens is 348 g/mol. The number of hydrogen-bond acceptors (Lipinski definition) is 4. The molecule has 0 atom stereocenters. The van der Waals surface area contributed by atoms with Gasteiger partial charge in [-0.2, -0.15) is 0 Å². The van der Waals surface area contributed by atoms with Gasteiger partial charge in [0.25, 0.3) is 0 Å². The predicted molar refractivity (Wildman–Crippen MR) is 99.4 cm³/mol. The Morgan fingerprint density at radius 2 is 1.70 bits per heavy atom. The van der Waals surface area contributed by atoms with Crippen molar-refractivity contribution in [3.8, 4) is 0 Å². The Hall–Kier alpha value is -2.61. The third-order valence-electron chi connectivity index (χ3n) is 5.31. The maximum Gasteiger partial charge on any atom is 0.407 e. The first-order chi connectivity index (χ1) is 13.0. The molecule has 0 aromatic heterocycles. The number of likely N-dealkylation sites (tertiary alicyclic amines) is 2. The van der Waals surface area contributed by atoms with Gasteiger partial charge in [-0.3, -0.25) is 10.1 Å². The lowest BCUT2D eigenvalue weighted by Gasteiger charge is -2.46. The molecule has 0 aliphatic carbocycles. The molecule has 8 nitrogen and oxygen atoms in total. The SMILES string of the molecule is O=C(Cc1ccccc1)NC(=O)NC1(CN2CCC2)CCN(C(=O)O)CC1. The lowest BCUT2D eigenvalue weighted by atomic mass is 9.86. The smallest absolute Gasteiger partial charge is 0.407 e. The van der Waals surface area contributed by atoms with Crippen LogP contribution in [0.1, 0.15) is 24.8 Å². The number of carbonyl (C=O) groups is 3. The van der Waals surface area contributed by atoms with Crippen LogP contribution in [0.5, 0.6) is 0 Å². The summed E-state index contributed by atoms with van der Waals surface area (Å²) in [6, 6.07) is 8.73. The Morgan fingerprint density at radius 1 is 1.04 bits per heavy atom. The van der Waals surface area contributed by atoms with E-state index >= 15 is 0 Å². The Labute approximate surface area is 158 Å². The average Bonchev–Trinajstić information content (AvgIpc) is 2.59. The van der Waals surface area contributed by atoms with Crippen molar-refractivity contribution in [2.24, 2.45) is 0 Å². The molecule has 2 aliphatic heterocycles. The number of hydrogen-bond donors (Lipinski definition) is 3. The molecule has 2 heterocycles. The molecule has 27 heavy (non-hydrogen) atoms. The van der Waals surface area contributed by atoms with E-state index in [2.05, 4.69) is 15.5 Å². The third-order valence-corrected chi connectivity index (χ3v) is 5.31. The van der Waals surface area contributed by atoms with Crippen molar-refractivity contribution in [3.63, 3.8) is 0 Å². The van der Waals surface area contributed by atoms with Crippen molar-refractivity contribution in [2.75, 3.05) is 32.7 Å². The fourth-order valence-corrected chi connectivity index (χ4v) is 3.64. The highest BCUT2D eigenvalue weighted by atomic mass is 16.4. The van der Waals surface area contributed by atoms with Crippen LogP contribution < -0.4 is 10.6 Å². The molecule has 0 spiro atoms. The maximum atomic E-state index is 12.4. The molecule has 8 heteroatoms. The van der Waals surface area contributed by atoms with E-state index in [1.54, 1.807) is 0 Å². The van der Waals surface area contributed by atoms with Crippen LogP contribution in [0.2, 0.25) is 0 Å². The molecular formula is C19H26N4O4. The van der Waals surface area contributed by atoms with Gasteiger partial charge in [-0.1, -0.05) is 30.3 Å². The summed E-state index contributed by atoms with van der Waals surface area (Å²) in [6.45, 7) is 3.41. The van der Waals surface area contributed by atoms with Crippen molar-refractivity contribution in [1.82, 2.24) is 20.4 Å². The normalized spacial score (nSPS) is 19.0.